The first-order chi connectivity index (χ1) is 9.82. The number of methoxy groups -OCH3 is 1. The molecule has 0 bridgehead atoms. The molecule has 1 fully saturated rings. The van der Waals surface area contributed by atoms with Gasteiger partial charge in [0.25, 0.3) is 15.0 Å². The summed E-state index contributed by atoms with van der Waals surface area (Å²) in [4.78, 5) is 13.5. The molecule has 116 valence electrons. The number of likely N-dealkylation sites (tertiary alicyclic amines) is 1. The molecule has 8 heteroatoms. The van der Waals surface area contributed by atoms with E-state index in [1.54, 1.807) is 7.11 Å². The number of ether oxygens (including phenoxy) is 1. The van der Waals surface area contributed by atoms with Gasteiger partial charge in [-0.1, -0.05) is 0 Å². The molecule has 1 unspecified atom stereocenters. The highest BCUT2D eigenvalue weighted by Gasteiger charge is 2.27. The van der Waals surface area contributed by atoms with Crippen LogP contribution in [0.5, 0.6) is 0 Å². The summed E-state index contributed by atoms with van der Waals surface area (Å²) in [6.45, 7) is 0.836. The standard InChI is InChI=1S/C13H15ClFNO4S/c1-20-9-3-2-6-16(8-9)13(17)11-7-10(21(14,18)19)4-5-12(11)15/h4-5,7,9H,2-3,6,8H2,1H3. The average Bonchev–Trinajstić information content (AvgIpc) is 2.46. The fourth-order valence-electron chi connectivity index (χ4n) is 2.31. The predicted octanol–water partition coefficient (Wildman–Crippen LogP) is 2.00. The Labute approximate surface area is 127 Å². The maximum Gasteiger partial charge on any atom is 0.261 e. The van der Waals surface area contributed by atoms with Crippen LogP contribution in [0.4, 0.5) is 4.39 Å². The summed E-state index contributed by atoms with van der Waals surface area (Å²) in [7, 11) is 2.77. The van der Waals surface area contributed by atoms with E-state index in [1.807, 2.05) is 0 Å². The Morgan fingerprint density at radius 3 is 2.81 bits per heavy atom. The normalized spacial score (nSPS) is 19.6. The van der Waals surface area contributed by atoms with Gasteiger partial charge in [0.05, 0.1) is 16.6 Å². The third-order valence-electron chi connectivity index (χ3n) is 3.45. The van der Waals surface area contributed by atoms with Crippen LogP contribution in [0.1, 0.15) is 23.2 Å². The molecule has 1 atom stereocenters. The molecule has 1 aliphatic rings. The van der Waals surface area contributed by atoms with Crippen molar-refractivity contribution in [1.82, 2.24) is 4.90 Å². The largest absolute Gasteiger partial charge is 0.380 e. The van der Waals surface area contributed by atoms with Gasteiger partial charge in [-0.3, -0.25) is 4.79 Å². The van der Waals surface area contributed by atoms with Crippen molar-refractivity contribution in [3.05, 3.63) is 29.6 Å². The summed E-state index contributed by atoms with van der Waals surface area (Å²) in [6.07, 6.45) is 1.49. The first-order valence-electron chi connectivity index (χ1n) is 6.39. The molecular weight excluding hydrogens is 321 g/mol. The van der Waals surface area contributed by atoms with Crippen molar-refractivity contribution in [1.29, 1.82) is 0 Å². The molecule has 2 rings (SSSR count). The highest BCUT2D eigenvalue weighted by atomic mass is 35.7. The second-order valence-electron chi connectivity index (χ2n) is 4.83. The van der Waals surface area contributed by atoms with Gasteiger partial charge in [0, 0.05) is 30.9 Å². The Morgan fingerprint density at radius 1 is 1.48 bits per heavy atom. The highest BCUT2D eigenvalue weighted by Crippen LogP contribution is 2.22. The van der Waals surface area contributed by atoms with E-state index < -0.39 is 20.8 Å². The fraction of sp³-hybridized carbons (Fsp3) is 0.462. The Balaban J connectivity index is 2.30. The molecule has 0 radical (unpaired) electrons. The number of piperidine rings is 1. The summed E-state index contributed by atoms with van der Waals surface area (Å²) < 4.78 is 41.6. The van der Waals surface area contributed by atoms with Gasteiger partial charge in [0.15, 0.2) is 0 Å². The van der Waals surface area contributed by atoms with Gasteiger partial charge < -0.3 is 9.64 Å². The number of amides is 1. The lowest BCUT2D eigenvalue weighted by atomic mass is 10.1. The molecule has 0 spiro atoms. The van der Waals surface area contributed by atoms with E-state index in [1.165, 1.54) is 4.90 Å². The van der Waals surface area contributed by atoms with Crippen LogP contribution in [0.25, 0.3) is 0 Å². The van der Waals surface area contributed by atoms with Crippen molar-refractivity contribution >= 4 is 25.6 Å². The average molecular weight is 336 g/mol. The Kier molecular flexibility index (Phi) is 4.85. The maximum absolute atomic E-state index is 13.8. The Bertz CT molecular complexity index is 650. The number of hydrogen-bond acceptors (Lipinski definition) is 4. The summed E-state index contributed by atoms with van der Waals surface area (Å²) >= 11 is 0. The zero-order chi connectivity index (χ0) is 15.6. The van der Waals surface area contributed by atoms with Gasteiger partial charge in [-0.2, -0.15) is 0 Å². The maximum atomic E-state index is 13.8. The topological polar surface area (TPSA) is 63.7 Å². The number of rotatable bonds is 3. The van der Waals surface area contributed by atoms with Gasteiger partial charge in [0.2, 0.25) is 0 Å². The molecular formula is C13H15ClFNO4S. The lowest BCUT2D eigenvalue weighted by Crippen LogP contribution is -2.43. The fourth-order valence-corrected chi connectivity index (χ4v) is 3.08. The molecule has 1 heterocycles. The number of carbonyl (C=O) groups excluding carboxylic acids is 1. The van der Waals surface area contributed by atoms with Crippen molar-refractivity contribution in [3.63, 3.8) is 0 Å². The molecule has 21 heavy (non-hydrogen) atoms. The number of carbonyl (C=O) groups is 1. The minimum atomic E-state index is -4.01. The van der Waals surface area contributed by atoms with Crippen molar-refractivity contribution in [3.8, 4) is 0 Å². The van der Waals surface area contributed by atoms with Crippen LogP contribution < -0.4 is 0 Å². The number of nitrogens with zero attached hydrogens (tertiary/aromatic N) is 1. The summed E-state index contributed by atoms with van der Waals surface area (Å²) in [5.41, 5.74) is -0.298. The van der Waals surface area contributed by atoms with E-state index in [9.17, 15) is 17.6 Å². The Hall–Kier alpha value is -1.18. The van der Waals surface area contributed by atoms with Crippen LogP contribution in [0.3, 0.4) is 0 Å². The van der Waals surface area contributed by atoms with E-state index >= 15 is 0 Å². The molecule has 1 amide bonds. The van der Waals surface area contributed by atoms with E-state index in [0.717, 1.165) is 31.0 Å². The molecule has 1 aliphatic heterocycles. The van der Waals surface area contributed by atoms with Crippen molar-refractivity contribution in [2.45, 2.75) is 23.8 Å². The van der Waals surface area contributed by atoms with Crippen LogP contribution in [0, 0.1) is 5.82 Å². The third-order valence-corrected chi connectivity index (χ3v) is 4.80. The molecule has 1 aromatic rings. The molecule has 0 aliphatic carbocycles. The van der Waals surface area contributed by atoms with Gasteiger partial charge in [-0.05, 0) is 31.0 Å². The first-order valence-corrected chi connectivity index (χ1v) is 8.70. The predicted molar refractivity (Wildman–Crippen MR) is 75.4 cm³/mol. The quantitative estimate of drug-likeness (QED) is 0.793. The molecule has 0 aromatic heterocycles. The smallest absolute Gasteiger partial charge is 0.261 e. The zero-order valence-electron chi connectivity index (χ0n) is 11.4. The molecule has 5 nitrogen and oxygen atoms in total. The zero-order valence-corrected chi connectivity index (χ0v) is 13.0. The number of halogens is 2. The number of benzene rings is 1. The summed E-state index contributed by atoms with van der Waals surface area (Å²) in [5.74, 6) is -1.33. The third kappa shape index (κ3) is 3.72. The van der Waals surface area contributed by atoms with Crippen molar-refractivity contribution < 1.29 is 22.3 Å². The molecule has 0 N–H and O–H groups in total. The number of hydrogen-bond donors (Lipinski definition) is 0. The van der Waals surface area contributed by atoms with Crippen molar-refractivity contribution in [2.24, 2.45) is 0 Å². The van der Waals surface area contributed by atoms with E-state index in [-0.39, 0.29) is 16.6 Å². The Morgan fingerprint density at radius 2 is 2.19 bits per heavy atom. The van der Waals surface area contributed by atoms with E-state index in [4.69, 9.17) is 15.4 Å². The molecule has 1 aromatic carbocycles. The summed E-state index contributed by atoms with van der Waals surface area (Å²) in [6, 6.07) is 2.93. The lowest BCUT2D eigenvalue weighted by molar-refractivity contribution is 0.0266. The van der Waals surface area contributed by atoms with Gasteiger partial charge in [0.1, 0.15) is 5.82 Å². The first kappa shape index (κ1) is 16.2. The molecule has 1 saturated heterocycles. The monoisotopic (exact) mass is 335 g/mol. The minimum absolute atomic E-state index is 0.0919. The van der Waals surface area contributed by atoms with E-state index in [0.29, 0.717) is 13.1 Å². The second kappa shape index (κ2) is 6.29. The van der Waals surface area contributed by atoms with Crippen LogP contribution in [0.15, 0.2) is 23.1 Å². The van der Waals surface area contributed by atoms with Gasteiger partial charge in [-0.15, -0.1) is 0 Å². The summed E-state index contributed by atoms with van der Waals surface area (Å²) in [5, 5.41) is 0. The van der Waals surface area contributed by atoms with E-state index in [2.05, 4.69) is 0 Å². The van der Waals surface area contributed by atoms with Gasteiger partial charge >= 0.3 is 0 Å². The van der Waals surface area contributed by atoms with Crippen LogP contribution in [-0.2, 0) is 13.8 Å². The van der Waals surface area contributed by atoms with Gasteiger partial charge in [-0.25, -0.2) is 12.8 Å². The highest BCUT2D eigenvalue weighted by molar-refractivity contribution is 8.13. The van der Waals surface area contributed by atoms with Crippen LogP contribution >= 0.6 is 10.7 Å². The SMILES string of the molecule is COC1CCCN(C(=O)c2cc(S(=O)(=O)Cl)ccc2F)C1. The molecule has 0 saturated carbocycles. The van der Waals surface area contributed by atoms with Crippen LogP contribution in [-0.4, -0.2) is 45.5 Å². The van der Waals surface area contributed by atoms with Crippen LogP contribution in [0.2, 0.25) is 0 Å². The van der Waals surface area contributed by atoms with Crippen molar-refractivity contribution in [2.75, 3.05) is 20.2 Å². The second-order valence-corrected chi connectivity index (χ2v) is 7.40. The lowest BCUT2D eigenvalue weighted by Gasteiger charge is -2.32. The minimum Gasteiger partial charge on any atom is -0.380 e.